The highest BCUT2D eigenvalue weighted by molar-refractivity contribution is 6.31. The number of fused-ring (bicyclic) bond motifs is 2. The summed E-state index contributed by atoms with van der Waals surface area (Å²) < 4.78 is 40.4. The van der Waals surface area contributed by atoms with Crippen molar-refractivity contribution >= 4 is 45.3 Å². The minimum absolute atomic E-state index is 0.215. The molecule has 0 saturated heterocycles. The summed E-state index contributed by atoms with van der Waals surface area (Å²) in [6.45, 7) is 0. The third-order valence-corrected chi connectivity index (χ3v) is 4.16. The van der Waals surface area contributed by atoms with Gasteiger partial charge in [-0.05, 0) is 24.3 Å². The molecule has 0 unspecified atom stereocenters. The van der Waals surface area contributed by atoms with Crippen LogP contribution in [-0.4, -0.2) is 26.7 Å². The lowest BCUT2D eigenvalue weighted by Gasteiger charge is -2.09. The second-order valence-corrected chi connectivity index (χ2v) is 6.01. The number of hydrogen-bond donors (Lipinski definition) is 3. The molecule has 0 bridgehead atoms. The molecule has 0 aliphatic rings. The number of halogens is 4. The predicted molar refractivity (Wildman–Crippen MR) is 94.4 cm³/mol. The molecule has 4 rings (SSSR count). The zero-order valence-electron chi connectivity index (χ0n) is 13.3. The quantitative estimate of drug-likeness (QED) is 0.489. The Labute approximate surface area is 150 Å². The van der Waals surface area contributed by atoms with Crippen molar-refractivity contribution in [1.29, 1.82) is 0 Å². The number of rotatable bonds is 3. The second-order valence-electron chi connectivity index (χ2n) is 5.57. The van der Waals surface area contributed by atoms with Crippen molar-refractivity contribution in [3.63, 3.8) is 0 Å². The molecule has 10 heteroatoms. The van der Waals surface area contributed by atoms with Crippen molar-refractivity contribution in [2.75, 3.05) is 17.8 Å². The molecular formula is C16H12ClF3N6. The zero-order valence-corrected chi connectivity index (χ0v) is 14.1. The van der Waals surface area contributed by atoms with Gasteiger partial charge in [-0.25, -0.2) is 14.6 Å². The largest absolute Gasteiger partial charge is 0.416 e. The van der Waals surface area contributed by atoms with Gasteiger partial charge in [0.05, 0.1) is 27.3 Å². The molecule has 0 fully saturated rings. The van der Waals surface area contributed by atoms with Gasteiger partial charge < -0.3 is 15.7 Å². The lowest BCUT2D eigenvalue weighted by atomic mass is 10.2. The number of pyridine rings is 1. The van der Waals surface area contributed by atoms with E-state index < -0.39 is 11.7 Å². The molecule has 4 aromatic rings. The first kappa shape index (κ1) is 16.5. The highest BCUT2D eigenvalue weighted by atomic mass is 35.5. The summed E-state index contributed by atoms with van der Waals surface area (Å²) in [5.74, 6) is 0.336. The SMILES string of the molecule is CNn1c(Nc2c[nH]c3ncc(Cl)cc23)nc2cc(C(F)(F)F)ccc21. The number of benzene rings is 1. The fraction of sp³-hybridized carbons (Fsp3) is 0.125. The van der Waals surface area contributed by atoms with Crippen LogP contribution in [0.25, 0.3) is 22.1 Å². The number of alkyl halides is 3. The number of H-pyrrole nitrogens is 1. The van der Waals surface area contributed by atoms with Crippen LogP contribution in [0, 0.1) is 0 Å². The first-order valence-corrected chi connectivity index (χ1v) is 7.92. The van der Waals surface area contributed by atoms with Crippen LogP contribution in [0.2, 0.25) is 5.02 Å². The van der Waals surface area contributed by atoms with Crippen LogP contribution in [0.4, 0.5) is 24.8 Å². The van der Waals surface area contributed by atoms with Crippen molar-refractivity contribution in [1.82, 2.24) is 19.6 Å². The Hall–Kier alpha value is -2.94. The Morgan fingerprint density at radius 3 is 2.77 bits per heavy atom. The lowest BCUT2D eigenvalue weighted by molar-refractivity contribution is -0.137. The maximum absolute atomic E-state index is 12.9. The molecule has 3 N–H and O–H groups in total. The van der Waals surface area contributed by atoms with Crippen LogP contribution < -0.4 is 10.7 Å². The molecule has 26 heavy (non-hydrogen) atoms. The van der Waals surface area contributed by atoms with Gasteiger partial charge in [0.1, 0.15) is 5.65 Å². The predicted octanol–water partition coefficient (Wildman–Crippen LogP) is 4.50. The van der Waals surface area contributed by atoms with E-state index in [1.54, 1.807) is 24.0 Å². The second kappa shape index (κ2) is 5.80. The van der Waals surface area contributed by atoms with Gasteiger partial charge in [0.25, 0.3) is 0 Å². The molecule has 3 aromatic heterocycles. The summed E-state index contributed by atoms with van der Waals surface area (Å²) in [4.78, 5) is 11.5. The Morgan fingerprint density at radius 1 is 1.23 bits per heavy atom. The van der Waals surface area contributed by atoms with Crippen LogP contribution in [0.15, 0.2) is 36.7 Å². The van der Waals surface area contributed by atoms with E-state index in [0.717, 1.165) is 17.5 Å². The average Bonchev–Trinajstić information content (AvgIpc) is 3.14. The molecule has 0 amide bonds. The number of anilines is 2. The van der Waals surface area contributed by atoms with Crippen LogP contribution in [-0.2, 0) is 6.18 Å². The molecule has 0 radical (unpaired) electrons. The van der Waals surface area contributed by atoms with Crippen LogP contribution in [0.1, 0.15) is 5.56 Å². The lowest BCUT2D eigenvalue weighted by Crippen LogP contribution is -2.12. The first-order chi connectivity index (χ1) is 12.4. The standard InChI is InChI=1S/C16H12ClF3N6/c1-21-26-13-3-2-8(16(18,19)20)4-11(13)24-15(26)25-12-7-23-14-10(12)5-9(17)6-22-14/h2-7,21H,1H3,(H,22,23)(H,24,25). The van der Waals surface area contributed by atoms with Gasteiger partial charge in [-0.15, -0.1) is 0 Å². The van der Waals surface area contributed by atoms with Gasteiger partial charge in [-0.1, -0.05) is 11.6 Å². The maximum atomic E-state index is 12.9. The monoisotopic (exact) mass is 380 g/mol. The van der Waals surface area contributed by atoms with E-state index in [1.165, 1.54) is 12.3 Å². The number of imidazole rings is 1. The molecule has 0 aliphatic heterocycles. The number of aromatic amines is 1. The summed E-state index contributed by atoms with van der Waals surface area (Å²) in [6.07, 6.45) is -1.22. The summed E-state index contributed by atoms with van der Waals surface area (Å²) in [6, 6.07) is 5.15. The molecule has 0 saturated carbocycles. The number of nitrogens with zero attached hydrogens (tertiary/aromatic N) is 3. The van der Waals surface area contributed by atoms with Crippen molar-refractivity contribution in [3.05, 3.63) is 47.2 Å². The normalized spacial score (nSPS) is 12.0. The van der Waals surface area contributed by atoms with Gasteiger partial charge in [0, 0.05) is 24.8 Å². The van der Waals surface area contributed by atoms with E-state index >= 15 is 0 Å². The molecule has 134 valence electrons. The Kier molecular flexibility index (Phi) is 3.69. The molecule has 3 heterocycles. The minimum atomic E-state index is -4.43. The van der Waals surface area contributed by atoms with Gasteiger partial charge in [0.15, 0.2) is 0 Å². The Balaban J connectivity index is 1.81. The maximum Gasteiger partial charge on any atom is 0.416 e. The van der Waals surface area contributed by atoms with Gasteiger partial charge in [0.2, 0.25) is 5.95 Å². The van der Waals surface area contributed by atoms with Crippen LogP contribution in [0.3, 0.4) is 0 Å². The van der Waals surface area contributed by atoms with E-state index in [1.807, 2.05) is 0 Å². The van der Waals surface area contributed by atoms with Crippen molar-refractivity contribution in [2.24, 2.45) is 0 Å². The number of nitrogens with one attached hydrogen (secondary N) is 3. The number of hydrogen-bond acceptors (Lipinski definition) is 4. The molecular weight excluding hydrogens is 369 g/mol. The Morgan fingerprint density at radius 2 is 2.04 bits per heavy atom. The fourth-order valence-corrected chi connectivity index (χ4v) is 2.93. The molecule has 1 aromatic carbocycles. The van der Waals surface area contributed by atoms with Gasteiger partial charge >= 0.3 is 6.18 Å². The molecule has 0 spiro atoms. The van der Waals surface area contributed by atoms with E-state index in [-0.39, 0.29) is 5.52 Å². The van der Waals surface area contributed by atoms with Crippen molar-refractivity contribution in [3.8, 4) is 0 Å². The highest BCUT2D eigenvalue weighted by Gasteiger charge is 2.31. The van der Waals surface area contributed by atoms with Gasteiger partial charge in [-0.2, -0.15) is 13.2 Å². The zero-order chi connectivity index (χ0) is 18.5. The van der Waals surface area contributed by atoms with E-state index in [2.05, 4.69) is 25.7 Å². The van der Waals surface area contributed by atoms with Gasteiger partial charge in [-0.3, -0.25) is 0 Å². The number of aromatic nitrogens is 4. The summed E-state index contributed by atoms with van der Waals surface area (Å²) >= 11 is 5.99. The van der Waals surface area contributed by atoms with E-state index in [9.17, 15) is 13.2 Å². The van der Waals surface area contributed by atoms with Crippen LogP contribution in [0.5, 0.6) is 0 Å². The third kappa shape index (κ3) is 2.70. The summed E-state index contributed by atoms with van der Waals surface area (Å²) in [5.41, 5.74) is 4.16. The van der Waals surface area contributed by atoms with Crippen LogP contribution >= 0.6 is 11.6 Å². The molecule has 0 atom stereocenters. The first-order valence-electron chi connectivity index (χ1n) is 7.54. The smallest absolute Gasteiger partial charge is 0.344 e. The summed E-state index contributed by atoms with van der Waals surface area (Å²) in [7, 11) is 1.65. The highest BCUT2D eigenvalue weighted by Crippen LogP contribution is 2.33. The minimum Gasteiger partial charge on any atom is -0.344 e. The van der Waals surface area contributed by atoms with Crippen molar-refractivity contribution in [2.45, 2.75) is 6.18 Å². The Bertz CT molecular complexity index is 1110. The van der Waals surface area contributed by atoms with E-state index in [4.69, 9.17) is 11.6 Å². The third-order valence-electron chi connectivity index (χ3n) is 3.95. The fourth-order valence-electron chi connectivity index (χ4n) is 2.77. The average molecular weight is 381 g/mol. The van der Waals surface area contributed by atoms with E-state index in [0.29, 0.717) is 27.8 Å². The topological polar surface area (TPSA) is 70.6 Å². The summed E-state index contributed by atoms with van der Waals surface area (Å²) in [5, 5.41) is 4.31. The molecule has 0 aliphatic carbocycles. The van der Waals surface area contributed by atoms with Crippen molar-refractivity contribution < 1.29 is 13.2 Å². The molecule has 6 nitrogen and oxygen atoms in total.